The third-order valence-electron chi connectivity index (χ3n) is 0.746. The van der Waals surface area contributed by atoms with Gasteiger partial charge in [0.05, 0.1) is 0 Å². The van der Waals surface area contributed by atoms with Crippen LogP contribution in [0.5, 0.6) is 0 Å². The Bertz CT molecular complexity index is 93.1. The number of hydrogen-bond acceptors (Lipinski definition) is 1. The van der Waals surface area contributed by atoms with Crippen molar-refractivity contribution in [3.63, 3.8) is 0 Å². The van der Waals surface area contributed by atoms with Gasteiger partial charge in [-0.05, 0) is 20.8 Å². The second kappa shape index (κ2) is 5.03. The Morgan fingerprint density at radius 1 is 1.56 bits per heavy atom. The zero-order valence-electron chi connectivity index (χ0n) is 6.10. The lowest BCUT2D eigenvalue weighted by Crippen LogP contribution is -2.13. The Labute approximate surface area is 63.1 Å². The highest BCUT2D eigenvalue weighted by molar-refractivity contribution is 7.06. The number of halogens is 1. The molecule has 0 aliphatic heterocycles. The Morgan fingerprint density at radius 2 is 2.11 bits per heavy atom. The highest BCUT2D eigenvalue weighted by atomic mass is 35.6. The predicted molar refractivity (Wildman–Crippen MR) is 44.0 cm³/mol. The smallest absolute Gasteiger partial charge is 0.299 e. The number of allylic oxidation sites excluding steroid dienone is 1. The largest absolute Gasteiger partial charge is 0.400 e. The molecule has 1 atom stereocenters. The molecule has 0 saturated carbocycles. The van der Waals surface area contributed by atoms with Gasteiger partial charge in [0, 0.05) is 6.10 Å². The van der Waals surface area contributed by atoms with Crippen molar-refractivity contribution in [3.8, 4) is 0 Å². The maximum atomic E-state index is 5.81. The van der Waals surface area contributed by atoms with E-state index < -0.39 is 8.35 Å². The maximum absolute atomic E-state index is 5.81. The van der Waals surface area contributed by atoms with Gasteiger partial charge in [0.25, 0.3) is 8.35 Å². The second-order valence-electron chi connectivity index (χ2n) is 2.06. The van der Waals surface area contributed by atoms with Crippen LogP contribution in [0.1, 0.15) is 20.8 Å². The molecule has 0 saturated heterocycles. The molecule has 0 fully saturated rings. The Hall–Kier alpha value is 0.207. The first-order chi connectivity index (χ1) is 4.16. The molecule has 9 heavy (non-hydrogen) atoms. The van der Waals surface area contributed by atoms with E-state index in [0.717, 1.165) is 0 Å². The standard InChI is InChI=1S/C6H13ClOSi/c1-4-5-9(7)8-6(2)3/h4-6,9H,1-3H3. The van der Waals surface area contributed by atoms with Crippen LogP contribution in [0.2, 0.25) is 0 Å². The maximum Gasteiger partial charge on any atom is 0.299 e. The quantitative estimate of drug-likeness (QED) is 0.458. The van der Waals surface area contributed by atoms with Crippen molar-refractivity contribution in [2.75, 3.05) is 0 Å². The lowest BCUT2D eigenvalue weighted by molar-refractivity contribution is 0.256. The van der Waals surface area contributed by atoms with E-state index in [2.05, 4.69) is 0 Å². The van der Waals surface area contributed by atoms with Gasteiger partial charge in [0.2, 0.25) is 0 Å². The average molecular weight is 165 g/mol. The first-order valence-electron chi connectivity index (χ1n) is 3.09. The zero-order chi connectivity index (χ0) is 7.28. The zero-order valence-corrected chi connectivity index (χ0v) is 8.01. The first kappa shape index (κ1) is 9.21. The van der Waals surface area contributed by atoms with Gasteiger partial charge in [0.15, 0.2) is 0 Å². The van der Waals surface area contributed by atoms with E-state index in [4.69, 9.17) is 15.5 Å². The fraction of sp³-hybridized carbons (Fsp3) is 0.667. The Balaban J connectivity index is 3.38. The molecule has 1 nitrogen and oxygen atoms in total. The highest BCUT2D eigenvalue weighted by Crippen LogP contribution is 1.98. The van der Waals surface area contributed by atoms with Crippen molar-refractivity contribution in [1.29, 1.82) is 0 Å². The molecule has 0 amide bonds. The van der Waals surface area contributed by atoms with E-state index in [9.17, 15) is 0 Å². The van der Waals surface area contributed by atoms with Crippen molar-refractivity contribution in [1.82, 2.24) is 0 Å². The van der Waals surface area contributed by atoms with E-state index in [-0.39, 0.29) is 6.10 Å². The van der Waals surface area contributed by atoms with Gasteiger partial charge in [-0.2, -0.15) is 0 Å². The molecule has 0 heterocycles. The lowest BCUT2D eigenvalue weighted by atomic mass is 10.5. The minimum absolute atomic E-state index is 0.260. The molecule has 54 valence electrons. The normalized spacial score (nSPS) is 15.2. The molecule has 0 rings (SSSR count). The topological polar surface area (TPSA) is 9.23 Å². The van der Waals surface area contributed by atoms with E-state index in [1.807, 2.05) is 32.5 Å². The fourth-order valence-corrected chi connectivity index (χ4v) is 2.42. The summed E-state index contributed by atoms with van der Waals surface area (Å²) in [5, 5.41) is 0. The summed E-state index contributed by atoms with van der Waals surface area (Å²) in [6.45, 7) is 5.93. The van der Waals surface area contributed by atoms with Crippen LogP contribution in [0.15, 0.2) is 11.8 Å². The Morgan fingerprint density at radius 3 is 2.44 bits per heavy atom. The van der Waals surface area contributed by atoms with Crippen molar-refractivity contribution in [2.24, 2.45) is 0 Å². The van der Waals surface area contributed by atoms with Gasteiger partial charge in [0.1, 0.15) is 0 Å². The molecule has 3 heteroatoms. The molecular weight excluding hydrogens is 152 g/mol. The van der Waals surface area contributed by atoms with Gasteiger partial charge in [-0.15, -0.1) is 11.1 Å². The van der Waals surface area contributed by atoms with Crippen molar-refractivity contribution in [2.45, 2.75) is 26.9 Å². The molecule has 0 aromatic rings. The summed E-state index contributed by atoms with van der Waals surface area (Å²) < 4.78 is 5.31. The third-order valence-corrected chi connectivity index (χ3v) is 2.98. The van der Waals surface area contributed by atoms with Gasteiger partial charge in [-0.25, -0.2) is 0 Å². The van der Waals surface area contributed by atoms with Crippen molar-refractivity contribution in [3.05, 3.63) is 11.8 Å². The fourth-order valence-electron chi connectivity index (χ4n) is 0.457. The minimum atomic E-state index is -1.47. The predicted octanol–water partition coefficient (Wildman–Crippen LogP) is 1.99. The second-order valence-corrected chi connectivity index (χ2v) is 4.71. The van der Waals surface area contributed by atoms with Crippen LogP contribution in [0.3, 0.4) is 0 Å². The molecular formula is C6H13ClOSi. The van der Waals surface area contributed by atoms with Gasteiger partial charge in [-0.1, -0.05) is 11.8 Å². The van der Waals surface area contributed by atoms with Crippen LogP contribution in [0.25, 0.3) is 0 Å². The summed E-state index contributed by atoms with van der Waals surface area (Å²) in [4.78, 5) is 0. The lowest BCUT2D eigenvalue weighted by Gasteiger charge is -2.07. The van der Waals surface area contributed by atoms with E-state index in [0.29, 0.717) is 0 Å². The number of rotatable bonds is 3. The summed E-state index contributed by atoms with van der Waals surface area (Å²) in [7, 11) is -1.47. The van der Waals surface area contributed by atoms with Crippen molar-refractivity contribution >= 4 is 19.4 Å². The molecule has 0 aliphatic rings. The summed E-state index contributed by atoms with van der Waals surface area (Å²) in [6.07, 6.45) is 2.20. The first-order valence-corrected chi connectivity index (χ1v) is 5.97. The summed E-state index contributed by atoms with van der Waals surface area (Å²) in [5.74, 6) is 0. The van der Waals surface area contributed by atoms with E-state index in [1.54, 1.807) is 0 Å². The average Bonchev–Trinajstić information content (AvgIpc) is 1.63. The van der Waals surface area contributed by atoms with Gasteiger partial charge in [-0.3, -0.25) is 0 Å². The molecule has 0 spiro atoms. The molecule has 0 aromatic heterocycles. The van der Waals surface area contributed by atoms with Crippen LogP contribution in [-0.2, 0) is 4.43 Å². The van der Waals surface area contributed by atoms with Crippen LogP contribution in [0.4, 0.5) is 0 Å². The molecule has 0 aromatic carbocycles. The molecule has 0 bridgehead atoms. The molecule has 0 aliphatic carbocycles. The monoisotopic (exact) mass is 164 g/mol. The number of hydrogen-bond donors (Lipinski definition) is 0. The van der Waals surface area contributed by atoms with Crippen LogP contribution < -0.4 is 0 Å². The summed E-state index contributed by atoms with van der Waals surface area (Å²) in [6, 6.07) is 0. The molecule has 0 N–H and O–H groups in total. The summed E-state index contributed by atoms with van der Waals surface area (Å²) in [5.41, 5.74) is 1.95. The van der Waals surface area contributed by atoms with E-state index >= 15 is 0 Å². The molecule has 0 radical (unpaired) electrons. The van der Waals surface area contributed by atoms with E-state index in [1.165, 1.54) is 0 Å². The SMILES string of the molecule is CC=C[SiH](Cl)OC(C)C. The van der Waals surface area contributed by atoms with Gasteiger partial charge >= 0.3 is 0 Å². The Kier molecular flexibility index (Phi) is 5.14. The highest BCUT2D eigenvalue weighted by Gasteiger charge is 2.03. The third kappa shape index (κ3) is 6.09. The van der Waals surface area contributed by atoms with Crippen LogP contribution in [0, 0.1) is 0 Å². The van der Waals surface area contributed by atoms with Crippen molar-refractivity contribution < 1.29 is 4.43 Å². The molecule has 1 unspecified atom stereocenters. The van der Waals surface area contributed by atoms with Crippen LogP contribution in [-0.4, -0.2) is 14.5 Å². The minimum Gasteiger partial charge on any atom is -0.400 e. The van der Waals surface area contributed by atoms with Gasteiger partial charge < -0.3 is 4.43 Å². The summed E-state index contributed by atoms with van der Waals surface area (Å²) >= 11 is 5.81. The van der Waals surface area contributed by atoms with Crippen LogP contribution >= 0.6 is 11.1 Å².